The number of nitrogens with one attached hydrogen (secondary N) is 3. The highest BCUT2D eigenvalue weighted by Gasteiger charge is 2.51. The highest BCUT2D eigenvalue weighted by atomic mass is 19.4. The summed E-state index contributed by atoms with van der Waals surface area (Å²) < 4.78 is 45.0. The zero-order valence-corrected chi connectivity index (χ0v) is 21.7. The lowest BCUT2D eigenvalue weighted by atomic mass is 9.70. The Kier molecular flexibility index (Phi) is 7.22. The summed E-state index contributed by atoms with van der Waals surface area (Å²) in [6.45, 7) is 3.39. The highest BCUT2D eigenvalue weighted by Crippen LogP contribution is 2.51. The number of benzene rings is 1. The number of hydrogen-bond acceptors (Lipinski definition) is 4. The van der Waals surface area contributed by atoms with Crippen LogP contribution < -0.4 is 16.0 Å². The molecule has 3 N–H and O–H groups in total. The summed E-state index contributed by atoms with van der Waals surface area (Å²) in [7, 11) is 0. The van der Waals surface area contributed by atoms with Gasteiger partial charge in [0, 0.05) is 18.8 Å². The summed E-state index contributed by atoms with van der Waals surface area (Å²) in [5, 5.41) is 7.86. The average Bonchev–Trinajstić information content (AvgIpc) is 3.80. The van der Waals surface area contributed by atoms with Crippen molar-refractivity contribution in [2.45, 2.75) is 75.9 Å². The third-order valence-corrected chi connectivity index (χ3v) is 8.92. The SMILES string of the molecule is CC1(CNC(=O)C2(c3cccc(NC(=O)[C@@H](NC(=O)C(F)(F)F)C(C4CC4)C4CC4)c3)CCOC2)CCC1. The Balaban J connectivity index is 1.34. The van der Waals surface area contributed by atoms with Gasteiger partial charge in [0.1, 0.15) is 6.04 Å². The van der Waals surface area contributed by atoms with Gasteiger partial charge in [-0.2, -0.15) is 13.2 Å². The Bertz CT molecular complexity index is 1060. The monoisotopic (exact) mass is 535 g/mol. The van der Waals surface area contributed by atoms with Crippen molar-refractivity contribution in [2.24, 2.45) is 23.2 Å². The number of rotatable bonds is 10. The first-order valence-corrected chi connectivity index (χ1v) is 13.7. The van der Waals surface area contributed by atoms with E-state index in [1.807, 2.05) is 11.4 Å². The molecule has 1 aromatic rings. The molecule has 1 aliphatic heterocycles. The molecule has 208 valence electrons. The first-order valence-electron chi connectivity index (χ1n) is 13.7. The predicted molar refractivity (Wildman–Crippen MR) is 134 cm³/mol. The van der Waals surface area contributed by atoms with Gasteiger partial charge in [-0.15, -0.1) is 0 Å². The topological polar surface area (TPSA) is 96.5 Å². The van der Waals surface area contributed by atoms with Crippen molar-refractivity contribution < 1.29 is 32.3 Å². The molecule has 0 bridgehead atoms. The number of carbonyl (C=O) groups is 3. The molecule has 3 saturated carbocycles. The van der Waals surface area contributed by atoms with Gasteiger partial charge in [-0.3, -0.25) is 14.4 Å². The van der Waals surface area contributed by atoms with E-state index in [4.69, 9.17) is 4.74 Å². The summed E-state index contributed by atoms with van der Waals surface area (Å²) in [6, 6.07) is 5.60. The van der Waals surface area contributed by atoms with Crippen molar-refractivity contribution in [3.63, 3.8) is 0 Å². The Morgan fingerprint density at radius 1 is 1.08 bits per heavy atom. The molecule has 4 aliphatic rings. The molecule has 38 heavy (non-hydrogen) atoms. The molecule has 1 saturated heterocycles. The molecule has 2 atom stereocenters. The molecule has 5 rings (SSSR count). The Morgan fingerprint density at radius 2 is 1.76 bits per heavy atom. The number of halogens is 3. The van der Waals surface area contributed by atoms with Gasteiger partial charge in [0.15, 0.2) is 0 Å². The Morgan fingerprint density at radius 3 is 2.29 bits per heavy atom. The molecule has 1 unspecified atom stereocenters. The highest BCUT2D eigenvalue weighted by molar-refractivity contribution is 5.98. The molecule has 7 nitrogen and oxygen atoms in total. The fraction of sp³-hybridized carbons (Fsp3) is 0.679. The lowest BCUT2D eigenvalue weighted by molar-refractivity contribution is -0.175. The van der Waals surface area contributed by atoms with Gasteiger partial charge in [0.05, 0.1) is 12.0 Å². The van der Waals surface area contributed by atoms with Crippen molar-refractivity contribution in [1.29, 1.82) is 0 Å². The van der Waals surface area contributed by atoms with E-state index in [0.717, 1.165) is 44.9 Å². The largest absolute Gasteiger partial charge is 0.471 e. The minimum Gasteiger partial charge on any atom is -0.380 e. The molecule has 3 amide bonds. The Hall–Kier alpha value is -2.62. The van der Waals surface area contributed by atoms with Crippen LogP contribution in [-0.4, -0.2) is 49.7 Å². The van der Waals surface area contributed by atoms with Crippen LogP contribution >= 0.6 is 0 Å². The number of amides is 3. The van der Waals surface area contributed by atoms with E-state index in [9.17, 15) is 27.6 Å². The van der Waals surface area contributed by atoms with Crippen LogP contribution in [0.5, 0.6) is 0 Å². The van der Waals surface area contributed by atoms with Crippen molar-refractivity contribution in [3.05, 3.63) is 29.8 Å². The standard InChI is InChI=1S/C28H36F3N3O4/c1-26(10-3-11-26)15-32-24(36)27(12-13-38-16-27)19-4-2-5-20(14-19)33-23(35)22(34-25(37)28(29,30)31)21(17-6-7-17)18-8-9-18/h2,4-5,14,17-18,21-22H,3,6-13,15-16H2,1H3,(H,32,36)(H,33,35)(H,34,37)/t22-,27?/m0/s1. The van der Waals surface area contributed by atoms with Gasteiger partial charge >= 0.3 is 12.1 Å². The van der Waals surface area contributed by atoms with Crippen LogP contribution in [-0.2, 0) is 24.5 Å². The minimum absolute atomic E-state index is 0.113. The number of carbonyl (C=O) groups excluding carboxylic acids is 3. The van der Waals surface area contributed by atoms with Gasteiger partial charge in [0.2, 0.25) is 11.8 Å². The van der Waals surface area contributed by atoms with E-state index < -0.39 is 29.4 Å². The van der Waals surface area contributed by atoms with Gasteiger partial charge in [-0.05, 0) is 85.8 Å². The zero-order chi connectivity index (χ0) is 27.1. The average molecular weight is 536 g/mol. The Labute approximate surface area is 220 Å². The molecule has 10 heteroatoms. The minimum atomic E-state index is -5.07. The molecular formula is C28H36F3N3O4. The smallest absolute Gasteiger partial charge is 0.380 e. The number of anilines is 1. The summed E-state index contributed by atoms with van der Waals surface area (Å²) in [5.41, 5.74) is 0.256. The van der Waals surface area contributed by atoms with E-state index in [0.29, 0.717) is 30.8 Å². The lowest BCUT2D eigenvalue weighted by Gasteiger charge is -2.39. The molecular weight excluding hydrogens is 499 g/mol. The van der Waals surface area contributed by atoms with Crippen LogP contribution in [0.2, 0.25) is 0 Å². The fourth-order valence-corrected chi connectivity index (χ4v) is 6.09. The molecule has 4 fully saturated rings. The van der Waals surface area contributed by atoms with Crippen LogP contribution in [0.3, 0.4) is 0 Å². The predicted octanol–water partition coefficient (Wildman–Crippen LogP) is 4.07. The third-order valence-electron chi connectivity index (χ3n) is 8.92. The maximum Gasteiger partial charge on any atom is 0.471 e. The molecule has 3 aliphatic carbocycles. The van der Waals surface area contributed by atoms with Crippen molar-refractivity contribution in [3.8, 4) is 0 Å². The summed E-state index contributed by atoms with van der Waals surface area (Å²) >= 11 is 0. The molecule has 0 aromatic heterocycles. The van der Waals surface area contributed by atoms with Gasteiger partial charge < -0.3 is 20.7 Å². The summed E-state index contributed by atoms with van der Waals surface area (Å²) in [5.74, 6) is -2.93. The zero-order valence-electron chi connectivity index (χ0n) is 21.7. The first-order chi connectivity index (χ1) is 18.0. The van der Waals surface area contributed by atoms with E-state index in [1.165, 1.54) is 0 Å². The maximum absolute atomic E-state index is 13.4. The van der Waals surface area contributed by atoms with Crippen molar-refractivity contribution in [2.75, 3.05) is 25.1 Å². The second-order valence-corrected chi connectivity index (χ2v) is 12.0. The van der Waals surface area contributed by atoms with E-state index in [2.05, 4.69) is 17.6 Å². The molecule has 1 aromatic carbocycles. The fourth-order valence-electron chi connectivity index (χ4n) is 6.09. The second-order valence-electron chi connectivity index (χ2n) is 12.0. The van der Waals surface area contributed by atoms with Crippen LogP contribution in [0.25, 0.3) is 0 Å². The van der Waals surface area contributed by atoms with Crippen LogP contribution in [0, 0.1) is 23.2 Å². The molecule has 1 heterocycles. The number of hydrogen-bond donors (Lipinski definition) is 3. The first kappa shape index (κ1) is 27.0. The quantitative estimate of drug-likeness (QED) is 0.421. The van der Waals surface area contributed by atoms with Crippen LogP contribution in [0.4, 0.5) is 18.9 Å². The van der Waals surface area contributed by atoms with Crippen molar-refractivity contribution in [1.82, 2.24) is 10.6 Å². The second kappa shape index (κ2) is 10.2. The number of ether oxygens (including phenoxy) is 1. The van der Waals surface area contributed by atoms with Crippen molar-refractivity contribution >= 4 is 23.4 Å². The third kappa shape index (κ3) is 5.70. The lowest BCUT2D eigenvalue weighted by Crippen LogP contribution is -2.53. The van der Waals surface area contributed by atoms with E-state index in [-0.39, 0.29) is 35.7 Å². The normalized spacial score (nSPS) is 25.4. The summed E-state index contributed by atoms with van der Waals surface area (Å²) in [4.78, 5) is 38.7. The van der Waals surface area contributed by atoms with Gasteiger partial charge in [-0.1, -0.05) is 25.5 Å². The van der Waals surface area contributed by atoms with Crippen LogP contribution in [0.15, 0.2) is 24.3 Å². The van der Waals surface area contributed by atoms with E-state index >= 15 is 0 Å². The number of alkyl halides is 3. The summed E-state index contributed by atoms with van der Waals surface area (Å²) in [6.07, 6.45) is 2.11. The van der Waals surface area contributed by atoms with E-state index in [1.54, 1.807) is 18.2 Å². The molecule has 0 radical (unpaired) electrons. The van der Waals surface area contributed by atoms with Gasteiger partial charge in [-0.25, -0.2) is 0 Å². The maximum atomic E-state index is 13.4. The van der Waals surface area contributed by atoms with Gasteiger partial charge in [0.25, 0.3) is 0 Å². The molecule has 0 spiro atoms. The van der Waals surface area contributed by atoms with Crippen LogP contribution in [0.1, 0.15) is 63.9 Å².